The molecule has 0 atom stereocenters. The van der Waals surface area contributed by atoms with Gasteiger partial charge in [-0.05, 0) is 31.2 Å². The number of allylic oxidation sites excluding steroid dienone is 2. The number of carbonyl (C=O) groups is 1. The van der Waals surface area contributed by atoms with Gasteiger partial charge in [0.15, 0.2) is 5.78 Å². The van der Waals surface area contributed by atoms with Crippen molar-refractivity contribution in [2.45, 2.75) is 6.92 Å². The molecule has 2 aromatic rings. The van der Waals surface area contributed by atoms with Crippen molar-refractivity contribution < 1.29 is 18.3 Å². The largest absolute Gasteiger partial charge is 0.497 e. The second-order valence-electron chi connectivity index (χ2n) is 4.67. The summed E-state index contributed by atoms with van der Waals surface area (Å²) < 4.78 is 31.4. The first kappa shape index (κ1) is 15.7. The minimum atomic E-state index is -0.721. The number of methoxy groups -OCH3 is 1. The van der Waals surface area contributed by atoms with Crippen molar-refractivity contribution in [3.63, 3.8) is 0 Å². The molecule has 3 nitrogen and oxygen atoms in total. The molecule has 0 spiro atoms. The van der Waals surface area contributed by atoms with E-state index in [9.17, 15) is 13.6 Å². The number of anilines is 1. The Morgan fingerprint density at radius 3 is 2.64 bits per heavy atom. The van der Waals surface area contributed by atoms with E-state index in [0.717, 1.165) is 12.1 Å². The third-order valence-electron chi connectivity index (χ3n) is 2.96. The highest BCUT2D eigenvalue weighted by Gasteiger charge is 2.07. The Balaban J connectivity index is 2.15. The van der Waals surface area contributed by atoms with Gasteiger partial charge in [0.05, 0.1) is 12.8 Å². The van der Waals surface area contributed by atoms with E-state index < -0.39 is 11.6 Å². The normalized spacial score (nSPS) is 11.2. The number of carbonyl (C=O) groups excluding carboxylic acids is 1. The van der Waals surface area contributed by atoms with E-state index in [1.165, 1.54) is 19.3 Å². The summed E-state index contributed by atoms with van der Waals surface area (Å²) in [6.07, 6.45) is 1.34. The van der Waals surface area contributed by atoms with E-state index in [2.05, 4.69) is 5.32 Å². The fraction of sp³-hybridized carbons (Fsp3) is 0.118. The van der Waals surface area contributed by atoms with Crippen molar-refractivity contribution >= 4 is 11.5 Å². The average molecular weight is 303 g/mol. The van der Waals surface area contributed by atoms with Crippen molar-refractivity contribution in [3.8, 4) is 5.75 Å². The fourth-order valence-corrected chi connectivity index (χ4v) is 1.90. The molecule has 0 aliphatic carbocycles. The maximum atomic E-state index is 13.5. The highest BCUT2D eigenvalue weighted by Crippen LogP contribution is 2.18. The number of hydrogen-bond acceptors (Lipinski definition) is 3. The number of ketones is 1. The van der Waals surface area contributed by atoms with Gasteiger partial charge in [-0.25, -0.2) is 8.78 Å². The molecule has 0 bridgehead atoms. The Hall–Kier alpha value is -2.69. The van der Waals surface area contributed by atoms with Crippen LogP contribution in [0.1, 0.15) is 17.3 Å². The fourth-order valence-electron chi connectivity index (χ4n) is 1.90. The summed E-state index contributed by atoms with van der Waals surface area (Å²) in [7, 11) is 1.52. The average Bonchev–Trinajstić information content (AvgIpc) is 2.50. The molecular weight excluding hydrogens is 288 g/mol. The molecule has 1 N–H and O–H groups in total. The van der Waals surface area contributed by atoms with Gasteiger partial charge in [-0.3, -0.25) is 4.79 Å². The molecule has 2 rings (SSSR count). The Morgan fingerprint density at radius 1 is 1.18 bits per heavy atom. The number of rotatable bonds is 5. The van der Waals surface area contributed by atoms with E-state index in [-0.39, 0.29) is 11.5 Å². The second-order valence-corrected chi connectivity index (χ2v) is 4.67. The minimum absolute atomic E-state index is 0.105. The van der Waals surface area contributed by atoms with Crippen LogP contribution < -0.4 is 10.1 Å². The number of halogens is 2. The summed E-state index contributed by atoms with van der Waals surface area (Å²) in [5.74, 6) is -1.04. The zero-order valence-electron chi connectivity index (χ0n) is 12.2. The lowest BCUT2D eigenvalue weighted by atomic mass is 10.1. The van der Waals surface area contributed by atoms with Gasteiger partial charge in [-0.15, -0.1) is 0 Å². The van der Waals surface area contributed by atoms with Crippen molar-refractivity contribution in [1.29, 1.82) is 0 Å². The molecule has 0 radical (unpaired) electrons. The lowest BCUT2D eigenvalue weighted by molar-refractivity contribution is 0.104. The lowest BCUT2D eigenvalue weighted by Gasteiger charge is -2.08. The van der Waals surface area contributed by atoms with Crippen LogP contribution in [0.4, 0.5) is 14.5 Å². The number of hydrogen-bond donors (Lipinski definition) is 1. The summed E-state index contributed by atoms with van der Waals surface area (Å²) >= 11 is 0. The zero-order chi connectivity index (χ0) is 16.1. The maximum absolute atomic E-state index is 13.5. The summed E-state index contributed by atoms with van der Waals surface area (Å²) in [6.45, 7) is 1.63. The summed E-state index contributed by atoms with van der Waals surface area (Å²) in [5.41, 5.74) is 1.01. The van der Waals surface area contributed by atoms with Gasteiger partial charge in [0.1, 0.15) is 17.4 Å². The van der Waals surface area contributed by atoms with E-state index in [0.29, 0.717) is 17.0 Å². The molecule has 0 saturated heterocycles. The van der Waals surface area contributed by atoms with E-state index in [1.807, 2.05) is 0 Å². The minimum Gasteiger partial charge on any atom is -0.497 e. The van der Waals surface area contributed by atoms with Crippen LogP contribution in [-0.2, 0) is 0 Å². The van der Waals surface area contributed by atoms with Crippen molar-refractivity contribution in [1.82, 2.24) is 0 Å². The molecule has 22 heavy (non-hydrogen) atoms. The Bertz CT molecular complexity index is 726. The predicted molar refractivity (Wildman–Crippen MR) is 81.1 cm³/mol. The van der Waals surface area contributed by atoms with Crippen molar-refractivity contribution in [2.24, 2.45) is 0 Å². The molecular formula is C17H15F2NO2. The topological polar surface area (TPSA) is 38.3 Å². The van der Waals surface area contributed by atoms with Gasteiger partial charge < -0.3 is 10.1 Å². The third-order valence-corrected chi connectivity index (χ3v) is 2.96. The molecule has 0 aliphatic rings. The van der Waals surface area contributed by atoms with Crippen LogP contribution >= 0.6 is 0 Å². The summed E-state index contributed by atoms with van der Waals surface area (Å²) in [4.78, 5) is 12.1. The highest BCUT2D eigenvalue weighted by atomic mass is 19.1. The van der Waals surface area contributed by atoms with Crippen LogP contribution in [-0.4, -0.2) is 12.9 Å². The van der Waals surface area contributed by atoms with E-state index >= 15 is 0 Å². The maximum Gasteiger partial charge on any atom is 0.187 e. The number of nitrogens with one attached hydrogen (secondary N) is 1. The van der Waals surface area contributed by atoms with Crippen molar-refractivity contribution in [3.05, 3.63) is 71.4 Å². The molecule has 5 heteroatoms. The Labute approximate surface area is 127 Å². The lowest BCUT2D eigenvalue weighted by Crippen LogP contribution is -2.03. The first-order valence-corrected chi connectivity index (χ1v) is 6.58. The van der Waals surface area contributed by atoms with Gasteiger partial charge in [-0.2, -0.15) is 0 Å². The van der Waals surface area contributed by atoms with Crippen LogP contribution in [0, 0.1) is 11.6 Å². The van der Waals surface area contributed by atoms with Gasteiger partial charge in [0.2, 0.25) is 0 Å². The molecule has 0 heterocycles. The first-order chi connectivity index (χ1) is 10.5. The summed E-state index contributed by atoms with van der Waals surface area (Å²) in [5, 5.41) is 2.73. The van der Waals surface area contributed by atoms with Crippen LogP contribution in [0.15, 0.2) is 54.2 Å². The molecule has 0 saturated carbocycles. The summed E-state index contributed by atoms with van der Waals surface area (Å²) in [6, 6.07) is 9.92. The Morgan fingerprint density at radius 2 is 1.95 bits per heavy atom. The van der Waals surface area contributed by atoms with Crippen LogP contribution in [0.3, 0.4) is 0 Å². The third kappa shape index (κ3) is 3.91. The molecule has 0 amide bonds. The Kier molecular flexibility index (Phi) is 4.88. The predicted octanol–water partition coefficient (Wildman–Crippen LogP) is 4.17. The molecule has 0 aliphatic heterocycles. The smallest absolute Gasteiger partial charge is 0.187 e. The van der Waals surface area contributed by atoms with Gasteiger partial charge in [-0.1, -0.05) is 12.1 Å². The highest BCUT2D eigenvalue weighted by molar-refractivity contribution is 6.05. The number of benzene rings is 2. The first-order valence-electron chi connectivity index (χ1n) is 6.58. The molecule has 114 valence electrons. The van der Waals surface area contributed by atoms with Crippen LogP contribution in [0.25, 0.3) is 0 Å². The van der Waals surface area contributed by atoms with Gasteiger partial charge in [0, 0.05) is 23.4 Å². The van der Waals surface area contributed by atoms with Crippen molar-refractivity contribution in [2.75, 3.05) is 12.4 Å². The van der Waals surface area contributed by atoms with Gasteiger partial charge >= 0.3 is 0 Å². The standard InChI is InChI=1S/C17H15F2NO2/c1-11(20-16-7-6-13(18)10-15(16)19)8-17(21)12-4-3-5-14(9-12)22-2/h3-10,20H,1-2H3/b11-8+. The van der Waals surface area contributed by atoms with Crippen LogP contribution in [0.5, 0.6) is 5.75 Å². The van der Waals surface area contributed by atoms with Gasteiger partial charge in [0.25, 0.3) is 0 Å². The SMILES string of the molecule is COc1cccc(C(=O)/C=C(\C)Nc2ccc(F)cc2F)c1. The van der Waals surface area contributed by atoms with E-state index in [4.69, 9.17) is 4.74 Å². The molecule has 2 aromatic carbocycles. The monoisotopic (exact) mass is 303 g/mol. The molecule has 0 aromatic heterocycles. The quantitative estimate of drug-likeness (QED) is 0.665. The number of ether oxygens (including phenoxy) is 1. The molecule has 0 fully saturated rings. The van der Waals surface area contributed by atoms with E-state index in [1.54, 1.807) is 31.2 Å². The van der Waals surface area contributed by atoms with Crippen LogP contribution in [0.2, 0.25) is 0 Å². The zero-order valence-corrected chi connectivity index (χ0v) is 12.2. The second kappa shape index (κ2) is 6.85. The molecule has 0 unspecified atom stereocenters.